The van der Waals surface area contributed by atoms with Crippen LogP contribution >= 0.6 is 0 Å². The first-order valence-electron chi connectivity index (χ1n) is 13.3. The normalized spacial score (nSPS) is 36.4. The first-order valence-corrected chi connectivity index (χ1v) is 13.3. The third-order valence-electron chi connectivity index (χ3n) is 8.69. The predicted octanol–water partition coefficient (Wildman–Crippen LogP) is 5.72. The molecule has 0 aromatic carbocycles. The van der Waals surface area contributed by atoms with Gasteiger partial charge in [0.2, 0.25) is 0 Å². The van der Waals surface area contributed by atoms with Gasteiger partial charge in [-0.25, -0.2) is 0 Å². The Labute approximate surface area is 201 Å². The molecule has 0 aliphatic heterocycles. The summed E-state index contributed by atoms with van der Waals surface area (Å²) in [4.78, 5) is 0. The van der Waals surface area contributed by atoms with E-state index in [2.05, 4.69) is 25.7 Å². The second kappa shape index (κ2) is 11.2. The maximum atomic E-state index is 10.4. The van der Waals surface area contributed by atoms with Gasteiger partial charge in [0.15, 0.2) is 0 Å². The van der Waals surface area contributed by atoms with Crippen LogP contribution < -0.4 is 0 Å². The molecule has 4 nitrogen and oxygen atoms in total. The number of aliphatic hydroxyl groups excluding tert-OH is 2. The molecule has 0 radical (unpaired) electrons. The Hall–Kier alpha value is -0.940. The average molecular weight is 461 g/mol. The highest BCUT2D eigenvalue weighted by Crippen LogP contribution is 2.58. The first-order chi connectivity index (χ1) is 15.5. The third-order valence-corrected chi connectivity index (χ3v) is 8.69. The second-order valence-electron chi connectivity index (χ2n) is 11.9. The molecule has 0 aromatic heterocycles. The van der Waals surface area contributed by atoms with E-state index in [4.69, 9.17) is 4.74 Å². The molecule has 33 heavy (non-hydrogen) atoms. The summed E-state index contributed by atoms with van der Waals surface area (Å²) >= 11 is 0. The van der Waals surface area contributed by atoms with Gasteiger partial charge in [-0.05, 0) is 113 Å². The van der Waals surface area contributed by atoms with Gasteiger partial charge in [0.25, 0.3) is 0 Å². The number of hydrogen-bond donors (Lipinski definition) is 3. The molecule has 188 valence electrons. The second-order valence-corrected chi connectivity index (χ2v) is 11.9. The summed E-state index contributed by atoms with van der Waals surface area (Å²) in [7, 11) is 0. The molecular weight excluding hydrogens is 412 g/mol. The highest BCUT2D eigenvalue weighted by molar-refractivity contribution is 5.38. The van der Waals surface area contributed by atoms with E-state index >= 15 is 0 Å². The molecule has 3 fully saturated rings. The molecule has 0 heterocycles. The highest BCUT2D eigenvalue weighted by Gasteiger charge is 2.48. The van der Waals surface area contributed by atoms with Crippen LogP contribution in [0.4, 0.5) is 0 Å². The van der Waals surface area contributed by atoms with Crippen molar-refractivity contribution in [2.45, 2.75) is 110 Å². The third kappa shape index (κ3) is 6.81. The molecule has 6 atom stereocenters. The number of allylic oxidation sites excluding steroid dienone is 3. The maximum Gasteiger partial charge on any atom is 0.0811 e. The summed E-state index contributed by atoms with van der Waals surface area (Å²) in [5.41, 5.74) is 3.01. The van der Waals surface area contributed by atoms with E-state index in [0.717, 1.165) is 49.5 Å². The van der Waals surface area contributed by atoms with Crippen LogP contribution in [-0.4, -0.2) is 46.3 Å². The fourth-order valence-electron chi connectivity index (χ4n) is 6.96. The molecule has 0 amide bonds. The lowest BCUT2D eigenvalue weighted by atomic mass is 9.62. The topological polar surface area (TPSA) is 69.9 Å². The van der Waals surface area contributed by atoms with Gasteiger partial charge in [0.1, 0.15) is 0 Å². The summed E-state index contributed by atoms with van der Waals surface area (Å²) in [6, 6.07) is 0. The fraction of sp³-hybridized carbons (Fsp3) is 0.793. The quantitative estimate of drug-likeness (QED) is 0.411. The number of rotatable bonds is 9. The highest BCUT2D eigenvalue weighted by atomic mass is 16.5. The van der Waals surface area contributed by atoms with E-state index in [0.29, 0.717) is 30.1 Å². The largest absolute Gasteiger partial charge is 0.393 e. The molecule has 0 spiro atoms. The molecule has 0 aromatic rings. The summed E-state index contributed by atoms with van der Waals surface area (Å²) < 4.78 is 5.75. The molecule has 3 aliphatic carbocycles. The van der Waals surface area contributed by atoms with E-state index in [1.165, 1.54) is 32.1 Å². The van der Waals surface area contributed by atoms with Crippen LogP contribution in [0.15, 0.2) is 35.5 Å². The maximum absolute atomic E-state index is 10.4. The zero-order valence-corrected chi connectivity index (χ0v) is 21.5. The standard InChI is InChI=1S/C29H48O4/c1-6-33-19-21(18-28(3,4)32)9-12-24-13-14-26-22(8-7-15-29(24,26)5)10-11-23-16-25(30)17-27(31)20(23)2/h10-11,21,24-27,30-32H,2,6-9,12-19H2,1,3-5H3/b22-10+,23-11-/t21-,24-,25+,26-,27?,29?/m0/s1. The molecule has 3 N–H and O–H groups in total. The van der Waals surface area contributed by atoms with Crippen LogP contribution in [0.1, 0.15) is 91.9 Å². The van der Waals surface area contributed by atoms with Gasteiger partial charge in [-0.1, -0.05) is 31.2 Å². The lowest BCUT2D eigenvalue weighted by molar-refractivity contribution is 0.0185. The van der Waals surface area contributed by atoms with Crippen molar-refractivity contribution < 1.29 is 20.1 Å². The van der Waals surface area contributed by atoms with Crippen molar-refractivity contribution in [2.24, 2.45) is 23.2 Å². The summed E-state index contributed by atoms with van der Waals surface area (Å²) in [5.74, 6) is 1.75. The Morgan fingerprint density at radius 2 is 2.00 bits per heavy atom. The molecular formula is C29H48O4. The van der Waals surface area contributed by atoms with E-state index in [1.807, 2.05) is 20.8 Å². The SMILES string of the molecule is C=C1/C(=C\C=C2/CCCC3(C)[C@@H](CC[C@H](COCC)CC(C)(C)O)CC[C@@H]23)C[C@@H](O)CC1O. The van der Waals surface area contributed by atoms with E-state index in [-0.39, 0.29) is 0 Å². The number of aliphatic hydroxyl groups is 3. The zero-order valence-electron chi connectivity index (χ0n) is 21.5. The molecule has 3 rings (SSSR count). The smallest absolute Gasteiger partial charge is 0.0811 e. The van der Waals surface area contributed by atoms with Gasteiger partial charge in [0.05, 0.1) is 17.8 Å². The Balaban J connectivity index is 1.68. The Bertz CT molecular complexity index is 730. The van der Waals surface area contributed by atoms with Crippen molar-refractivity contribution in [3.63, 3.8) is 0 Å². The van der Waals surface area contributed by atoms with Gasteiger partial charge in [-0.15, -0.1) is 0 Å². The minimum absolute atomic E-state index is 0.343. The minimum Gasteiger partial charge on any atom is -0.393 e. The molecule has 3 aliphatic rings. The van der Waals surface area contributed by atoms with Crippen LogP contribution in [0.3, 0.4) is 0 Å². The number of fused-ring (bicyclic) bond motifs is 1. The van der Waals surface area contributed by atoms with Crippen LogP contribution in [0.2, 0.25) is 0 Å². The van der Waals surface area contributed by atoms with E-state index in [9.17, 15) is 15.3 Å². The van der Waals surface area contributed by atoms with Gasteiger partial charge in [0, 0.05) is 19.6 Å². The lowest BCUT2D eigenvalue weighted by Gasteiger charge is -2.43. The fourth-order valence-corrected chi connectivity index (χ4v) is 6.96. The van der Waals surface area contributed by atoms with Gasteiger partial charge in [-0.3, -0.25) is 0 Å². The molecule has 2 unspecified atom stereocenters. The minimum atomic E-state index is -0.650. The Morgan fingerprint density at radius 3 is 2.70 bits per heavy atom. The van der Waals surface area contributed by atoms with Crippen molar-refractivity contribution >= 4 is 0 Å². The number of hydrogen-bond acceptors (Lipinski definition) is 4. The van der Waals surface area contributed by atoms with Crippen LogP contribution in [0.25, 0.3) is 0 Å². The Kier molecular flexibility index (Phi) is 9.05. The van der Waals surface area contributed by atoms with Crippen molar-refractivity contribution in [3.05, 3.63) is 35.5 Å². The molecule has 0 saturated heterocycles. The number of ether oxygens (including phenoxy) is 1. The molecule has 0 bridgehead atoms. The van der Waals surface area contributed by atoms with Crippen molar-refractivity contribution in [2.75, 3.05) is 13.2 Å². The van der Waals surface area contributed by atoms with Crippen LogP contribution in [0, 0.1) is 23.2 Å². The van der Waals surface area contributed by atoms with Crippen LogP contribution in [-0.2, 0) is 4.74 Å². The van der Waals surface area contributed by atoms with Crippen molar-refractivity contribution in [1.29, 1.82) is 0 Å². The van der Waals surface area contributed by atoms with Crippen molar-refractivity contribution in [1.82, 2.24) is 0 Å². The van der Waals surface area contributed by atoms with E-state index < -0.39 is 17.8 Å². The van der Waals surface area contributed by atoms with Crippen LogP contribution in [0.5, 0.6) is 0 Å². The van der Waals surface area contributed by atoms with Crippen molar-refractivity contribution in [3.8, 4) is 0 Å². The summed E-state index contributed by atoms with van der Waals surface area (Å²) in [6.45, 7) is 13.9. The predicted molar refractivity (Wildman–Crippen MR) is 135 cm³/mol. The first kappa shape index (κ1) is 26.7. The Morgan fingerprint density at radius 1 is 1.24 bits per heavy atom. The zero-order chi connectivity index (χ0) is 24.2. The molecule has 3 saturated carbocycles. The summed E-state index contributed by atoms with van der Waals surface area (Å²) in [5, 5.41) is 30.6. The average Bonchev–Trinajstić information content (AvgIpc) is 3.07. The summed E-state index contributed by atoms with van der Waals surface area (Å²) in [6.07, 6.45) is 13.6. The van der Waals surface area contributed by atoms with Gasteiger partial charge in [-0.2, -0.15) is 0 Å². The lowest BCUT2D eigenvalue weighted by Crippen LogP contribution is -2.34. The van der Waals surface area contributed by atoms with Gasteiger partial charge < -0.3 is 20.1 Å². The van der Waals surface area contributed by atoms with E-state index in [1.54, 1.807) is 5.57 Å². The van der Waals surface area contributed by atoms with Gasteiger partial charge >= 0.3 is 0 Å². The molecule has 4 heteroatoms. The monoisotopic (exact) mass is 460 g/mol.